The van der Waals surface area contributed by atoms with Crippen LogP contribution < -0.4 is 5.32 Å². The molecule has 0 bridgehead atoms. The minimum atomic E-state index is -0.505. The lowest BCUT2D eigenvalue weighted by Gasteiger charge is -2.34. The van der Waals surface area contributed by atoms with Crippen LogP contribution in [0.4, 0.5) is 17.1 Å². The molecule has 1 aromatic heterocycles. The number of carbonyl (C=O) groups excluding carboxylic acids is 1. The summed E-state index contributed by atoms with van der Waals surface area (Å²) in [4.78, 5) is 29.9. The Hall–Kier alpha value is -3.79. The lowest BCUT2D eigenvalue weighted by molar-refractivity contribution is -0.383. The molecular weight excluding hydrogens is 376 g/mol. The molecule has 4 rings (SSSR count). The largest absolute Gasteiger partial charge is 0.377 e. The number of aromatic amines is 1. The Bertz CT molecular complexity index is 1010. The summed E-state index contributed by atoms with van der Waals surface area (Å²) in [7, 11) is 0. The van der Waals surface area contributed by atoms with E-state index < -0.39 is 11.0 Å². The zero-order valence-electron chi connectivity index (χ0n) is 15.3. The predicted octanol–water partition coefficient (Wildman–Crippen LogP) is 2.67. The van der Waals surface area contributed by atoms with Crippen LogP contribution in [0.25, 0.3) is 0 Å². The SMILES string of the molecule is O=C(c1ccc(Nc2ccccc2)c([N+](=O)[O-])c1)N1CCOC[C@@H]1c1ncn[nH]1. The number of nitrogens with zero attached hydrogens (tertiary/aromatic N) is 4. The molecular formula is C19H18N6O4. The van der Waals surface area contributed by atoms with E-state index >= 15 is 0 Å². The second kappa shape index (κ2) is 8.07. The minimum absolute atomic E-state index is 0.177. The number of nitrogens with one attached hydrogen (secondary N) is 2. The molecule has 1 aliphatic heterocycles. The van der Waals surface area contributed by atoms with Crippen LogP contribution in [0.5, 0.6) is 0 Å². The van der Waals surface area contributed by atoms with Crippen molar-refractivity contribution < 1.29 is 14.5 Å². The van der Waals surface area contributed by atoms with Crippen molar-refractivity contribution in [2.24, 2.45) is 0 Å². The van der Waals surface area contributed by atoms with Crippen molar-refractivity contribution in [2.75, 3.05) is 25.1 Å². The van der Waals surface area contributed by atoms with Crippen LogP contribution in [0.15, 0.2) is 54.9 Å². The lowest BCUT2D eigenvalue weighted by atomic mass is 10.1. The van der Waals surface area contributed by atoms with Crippen molar-refractivity contribution in [1.29, 1.82) is 0 Å². The van der Waals surface area contributed by atoms with Gasteiger partial charge in [0.15, 0.2) is 0 Å². The van der Waals surface area contributed by atoms with Gasteiger partial charge >= 0.3 is 0 Å². The molecule has 10 heteroatoms. The van der Waals surface area contributed by atoms with Gasteiger partial charge in [0.1, 0.15) is 23.9 Å². The quantitative estimate of drug-likeness (QED) is 0.503. The molecule has 0 unspecified atom stereocenters. The van der Waals surface area contributed by atoms with Crippen LogP contribution in [0, 0.1) is 10.1 Å². The van der Waals surface area contributed by atoms with Crippen molar-refractivity contribution in [3.8, 4) is 0 Å². The second-order valence-electron chi connectivity index (χ2n) is 6.44. The third kappa shape index (κ3) is 3.92. The number of nitro benzene ring substituents is 1. The molecule has 1 saturated heterocycles. The van der Waals surface area contributed by atoms with Gasteiger partial charge in [-0.25, -0.2) is 4.98 Å². The van der Waals surface area contributed by atoms with Gasteiger partial charge in [-0.15, -0.1) is 0 Å². The highest BCUT2D eigenvalue weighted by Crippen LogP contribution is 2.30. The maximum Gasteiger partial charge on any atom is 0.293 e. The fourth-order valence-corrected chi connectivity index (χ4v) is 3.21. The van der Waals surface area contributed by atoms with Crippen LogP contribution in [-0.2, 0) is 4.74 Å². The van der Waals surface area contributed by atoms with E-state index in [0.29, 0.717) is 30.4 Å². The molecule has 1 aliphatic rings. The van der Waals surface area contributed by atoms with E-state index in [9.17, 15) is 14.9 Å². The maximum atomic E-state index is 13.1. The summed E-state index contributed by atoms with van der Waals surface area (Å²) in [5.74, 6) is 0.180. The molecule has 1 fully saturated rings. The average molecular weight is 394 g/mol. The van der Waals surface area contributed by atoms with E-state index in [1.54, 1.807) is 29.2 Å². The van der Waals surface area contributed by atoms with E-state index in [4.69, 9.17) is 4.74 Å². The molecule has 0 saturated carbocycles. The van der Waals surface area contributed by atoms with Crippen molar-refractivity contribution in [1.82, 2.24) is 20.1 Å². The Labute approximate surface area is 165 Å². The topological polar surface area (TPSA) is 126 Å². The standard InChI is InChI=1S/C19H18N6O4/c26-19(24-8-9-29-11-17(24)18-20-12-21-23-18)13-6-7-15(16(10-13)25(27)28)22-14-4-2-1-3-5-14/h1-7,10,12,17,22H,8-9,11H2,(H,20,21,23)/t17-/m1/s1. The summed E-state index contributed by atoms with van der Waals surface area (Å²) in [5, 5.41) is 21.2. The van der Waals surface area contributed by atoms with E-state index in [-0.39, 0.29) is 23.8 Å². The molecule has 3 aromatic rings. The molecule has 29 heavy (non-hydrogen) atoms. The van der Waals surface area contributed by atoms with Gasteiger partial charge in [-0.2, -0.15) is 5.10 Å². The molecule has 0 aliphatic carbocycles. The average Bonchev–Trinajstić information content (AvgIpc) is 3.29. The number of morpholine rings is 1. The summed E-state index contributed by atoms with van der Waals surface area (Å²) in [6.45, 7) is 1.00. The van der Waals surface area contributed by atoms with Gasteiger partial charge in [0.2, 0.25) is 0 Å². The molecule has 148 valence electrons. The highest BCUT2D eigenvalue weighted by atomic mass is 16.6. The van der Waals surface area contributed by atoms with Gasteiger partial charge in [-0.05, 0) is 24.3 Å². The zero-order valence-corrected chi connectivity index (χ0v) is 15.3. The molecule has 1 amide bonds. The third-order valence-electron chi connectivity index (χ3n) is 4.63. The van der Waals surface area contributed by atoms with Crippen LogP contribution in [0.2, 0.25) is 0 Å². The Morgan fingerprint density at radius 1 is 1.28 bits per heavy atom. The summed E-state index contributed by atoms with van der Waals surface area (Å²) < 4.78 is 5.47. The number of anilines is 2. The van der Waals surface area contributed by atoms with Gasteiger partial charge in [-0.3, -0.25) is 20.0 Å². The van der Waals surface area contributed by atoms with Crippen LogP contribution >= 0.6 is 0 Å². The number of hydrogen-bond donors (Lipinski definition) is 2. The monoisotopic (exact) mass is 394 g/mol. The van der Waals surface area contributed by atoms with Crippen LogP contribution in [0.3, 0.4) is 0 Å². The summed E-state index contributed by atoms with van der Waals surface area (Å²) in [5.41, 5.74) is 1.07. The van der Waals surface area contributed by atoms with Gasteiger partial charge in [0.05, 0.1) is 18.1 Å². The summed E-state index contributed by atoms with van der Waals surface area (Å²) in [6, 6.07) is 13.1. The number of nitro groups is 1. The number of rotatable bonds is 5. The minimum Gasteiger partial charge on any atom is -0.377 e. The Balaban J connectivity index is 1.63. The lowest BCUT2D eigenvalue weighted by Crippen LogP contribution is -2.43. The fraction of sp³-hybridized carbons (Fsp3) is 0.211. The number of aromatic nitrogens is 3. The Morgan fingerprint density at radius 2 is 2.10 bits per heavy atom. The van der Waals surface area contributed by atoms with E-state index in [2.05, 4.69) is 20.5 Å². The van der Waals surface area contributed by atoms with Gasteiger partial charge in [0, 0.05) is 23.9 Å². The smallest absolute Gasteiger partial charge is 0.293 e. The Kier molecular flexibility index (Phi) is 5.16. The van der Waals surface area contributed by atoms with Crippen LogP contribution in [0.1, 0.15) is 22.2 Å². The van der Waals surface area contributed by atoms with Gasteiger partial charge in [-0.1, -0.05) is 18.2 Å². The number of hydrogen-bond acceptors (Lipinski definition) is 7. The second-order valence-corrected chi connectivity index (χ2v) is 6.44. The molecule has 2 aromatic carbocycles. The van der Waals surface area contributed by atoms with Crippen molar-refractivity contribution >= 4 is 23.0 Å². The third-order valence-corrected chi connectivity index (χ3v) is 4.63. The van der Waals surface area contributed by atoms with Gasteiger partial charge in [0.25, 0.3) is 11.6 Å². The summed E-state index contributed by atoms with van der Waals surface area (Å²) >= 11 is 0. The fourth-order valence-electron chi connectivity index (χ4n) is 3.21. The van der Waals surface area contributed by atoms with Crippen molar-refractivity contribution in [3.63, 3.8) is 0 Å². The van der Waals surface area contributed by atoms with E-state index in [1.165, 1.54) is 12.4 Å². The van der Waals surface area contributed by atoms with Crippen LogP contribution in [-0.4, -0.2) is 50.7 Å². The first-order chi connectivity index (χ1) is 14.1. The molecule has 0 spiro atoms. The maximum absolute atomic E-state index is 13.1. The first-order valence-corrected chi connectivity index (χ1v) is 8.98. The first-order valence-electron chi connectivity index (χ1n) is 8.98. The van der Waals surface area contributed by atoms with Crippen molar-refractivity contribution in [3.05, 3.63) is 76.4 Å². The molecule has 2 heterocycles. The molecule has 1 atom stereocenters. The Morgan fingerprint density at radius 3 is 2.83 bits per heavy atom. The number of amides is 1. The summed E-state index contributed by atoms with van der Waals surface area (Å²) in [6.07, 6.45) is 1.36. The number of H-pyrrole nitrogens is 1. The van der Waals surface area contributed by atoms with E-state index in [1.807, 2.05) is 18.2 Å². The molecule has 2 N–H and O–H groups in total. The normalized spacial score (nSPS) is 16.4. The van der Waals surface area contributed by atoms with Gasteiger partial charge < -0.3 is 15.0 Å². The zero-order chi connectivity index (χ0) is 20.2. The number of para-hydroxylation sites is 1. The highest BCUT2D eigenvalue weighted by Gasteiger charge is 2.32. The number of carbonyl (C=O) groups is 1. The predicted molar refractivity (Wildman–Crippen MR) is 104 cm³/mol. The molecule has 0 radical (unpaired) electrons. The first kappa shape index (κ1) is 18.6. The highest BCUT2D eigenvalue weighted by molar-refractivity contribution is 5.96. The number of benzene rings is 2. The van der Waals surface area contributed by atoms with E-state index in [0.717, 1.165) is 0 Å². The van der Waals surface area contributed by atoms with Crippen molar-refractivity contribution in [2.45, 2.75) is 6.04 Å². The number of ether oxygens (including phenoxy) is 1. The molecule has 10 nitrogen and oxygen atoms in total.